The third-order valence-electron chi connectivity index (χ3n) is 6.46. The van der Waals surface area contributed by atoms with Gasteiger partial charge >= 0.3 is 0 Å². The molecule has 0 aromatic heterocycles. The number of rotatable bonds is 7. The highest BCUT2D eigenvalue weighted by Crippen LogP contribution is 2.34. The number of benzene rings is 1. The van der Waals surface area contributed by atoms with Crippen LogP contribution in [0.4, 0.5) is 0 Å². The molecule has 1 saturated heterocycles. The molecule has 1 aromatic rings. The van der Waals surface area contributed by atoms with Crippen LogP contribution in [0.5, 0.6) is 0 Å². The Morgan fingerprint density at radius 3 is 2.03 bits per heavy atom. The quantitative estimate of drug-likeness (QED) is 0.697. The fraction of sp³-hybridized carbons (Fsp3) is 0.565. The normalized spacial score (nSPS) is 21.4. The molecule has 3 heterocycles. The summed E-state index contributed by atoms with van der Waals surface area (Å²) in [5, 5.41) is 2.23. The van der Waals surface area contributed by atoms with Gasteiger partial charge in [-0.05, 0) is 48.4 Å². The molecule has 0 radical (unpaired) electrons. The number of imide groups is 2. The van der Waals surface area contributed by atoms with Crippen molar-refractivity contribution in [1.82, 2.24) is 15.1 Å². The van der Waals surface area contributed by atoms with Crippen LogP contribution in [0.15, 0.2) is 12.1 Å². The second-order valence-corrected chi connectivity index (χ2v) is 8.73. The molecule has 1 atom stereocenters. The van der Waals surface area contributed by atoms with E-state index in [1.807, 2.05) is 12.1 Å². The van der Waals surface area contributed by atoms with Crippen molar-refractivity contribution in [1.29, 1.82) is 0 Å². The van der Waals surface area contributed by atoms with Gasteiger partial charge in [-0.1, -0.05) is 26.7 Å². The minimum absolute atomic E-state index is 0.131. The highest BCUT2D eigenvalue weighted by molar-refractivity contribution is 6.23. The van der Waals surface area contributed by atoms with Crippen LogP contribution in [0.2, 0.25) is 0 Å². The first-order valence-electron chi connectivity index (χ1n) is 11.0. The maximum Gasteiger partial charge on any atom is 0.262 e. The molecular formula is C23H29N3O4. The molecule has 0 aliphatic carbocycles. The second-order valence-electron chi connectivity index (χ2n) is 8.73. The smallest absolute Gasteiger partial charge is 0.262 e. The van der Waals surface area contributed by atoms with E-state index in [1.54, 1.807) is 0 Å². The lowest BCUT2D eigenvalue weighted by Gasteiger charge is -2.27. The van der Waals surface area contributed by atoms with E-state index >= 15 is 0 Å². The number of amides is 4. The predicted molar refractivity (Wildman–Crippen MR) is 111 cm³/mol. The SMILES string of the molecule is CCCC(CCC)CN1Cc2cc3c(cc2C1)C(=O)N(C1CCC(=O)NC1=O)C3=O. The Morgan fingerprint density at radius 1 is 0.967 bits per heavy atom. The van der Waals surface area contributed by atoms with Crippen molar-refractivity contribution in [3.63, 3.8) is 0 Å². The lowest BCUT2D eigenvalue weighted by Crippen LogP contribution is -2.54. The van der Waals surface area contributed by atoms with Gasteiger partial charge in [0.2, 0.25) is 11.8 Å². The molecule has 1 aromatic carbocycles. The summed E-state index contributed by atoms with van der Waals surface area (Å²) in [6.45, 7) is 7.04. The number of carbonyl (C=O) groups is 4. The Morgan fingerprint density at radius 2 is 1.53 bits per heavy atom. The number of carbonyl (C=O) groups excluding carboxylic acids is 4. The van der Waals surface area contributed by atoms with Crippen LogP contribution < -0.4 is 5.32 Å². The zero-order valence-corrected chi connectivity index (χ0v) is 17.7. The van der Waals surface area contributed by atoms with Gasteiger partial charge in [0, 0.05) is 26.1 Å². The van der Waals surface area contributed by atoms with Gasteiger partial charge in [0.15, 0.2) is 0 Å². The number of nitrogens with one attached hydrogen (secondary N) is 1. The second kappa shape index (κ2) is 8.30. The average molecular weight is 412 g/mol. The van der Waals surface area contributed by atoms with Crippen molar-refractivity contribution in [2.75, 3.05) is 6.54 Å². The molecule has 30 heavy (non-hydrogen) atoms. The average Bonchev–Trinajstić information content (AvgIpc) is 3.19. The molecule has 3 aliphatic rings. The lowest BCUT2D eigenvalue weighted by molar-refractivity contribution is -0.136. The van der Waals surface area contributed by atoms with Gasteiger partial charge in [0.25, 0.3) is 11.8 Å². The maximum atomic E-state index is 13.0. The van der Waals surface area contributed by atoms with Crippen LogP contribution >= 0.6 is 0 Å². The summed E-state index contributed by atoms with van der Waals surface area (Å²) in [4.78, 5) is 53.0. The highest BCUT2D eigenvalue weighted by Gasteiger charge is 2.45. The summed E-state index contributed by atoms with van der Waals surface area (Å²) in [5.41, 5.74) is 2.94. The number of piperidine rings is 1. The molecule has 0 saturated carbocycles. The van der Waals surface area contributed by atoms with Gasteiger partial charge in [-0.15, -0.1) is 0 Å². The van der Waals surface area contributed by atoms with Crippen molar-refractivity contribution >= 4 is 23.6 Å². The first-order valence-corrected chi connectivity index (χ1v) is 11.0. The van der Waals surface area contributed by atoms with Crippen LogP contribution in [0.3, 0.4) is 0 Å². The molecule has 4 rings (SSSR count). The Kier molecular flexibility index (Phi) is 5.73. The molecule has 160 valence electrons. The van der Waals surface area contributed by atoms with Gasteiger partial charge in [-0.25, -0.2) is 0 Å². The van der Waals surface area contributed by atoms with E-state index in [4.69, 9.17) is 0 Å². The molecule has 0 bridgehead atoms. The zero-order valence-electron chi connectivity index (χ0n) is 17.7. The van der Waals surface area contributed by atoms with Gasteiger partial charge < -0.3 is 0 Å². The summed E-state index contributed by atoms with van der Waals surface area (Å²) >= 11 is 0. The number of hydrogen-bond acceptors (Lipinski definition) is 5. The largest absolute Gasteiger partial charge is 0.295 e. The third-order valence-corrected chi connectivity index (χ3v) is 6.46. The van der Waals surface area contributed by atoms with E-state index < -0.39 is 23.8 Å². The topological polar surface area (TPSA) is 86.8 Å². The van der Waals surface area contributed by atoms with Crippen LogP contribution in [-0.2, 0) is 22.7 Å². The molecule has 3 aliphatic heterocycles. The predicted octanol–water partition coefficient (Wildman–Crippen LogP) is 2.62. The summed E-state index contributed by atoms with van der Waals surface area (Å²) in [7, 11) is 0. The Bertz CT molecular complexity index is 859. The van der Waals surface area contributed by atoms with Crippen molar-refractivity contribution in [3.05, 3.63) is 34.4 Å². The Balaban J connectivity index is 1.51. The van der Waals surface area contributed by atoms with Crippen molar-refractivity contribution in [2.24, 2.45) is 5.92 Å². The molecule has 1 unspecified atom stereocenters. The summed E-state index contributed by atoms with van der Waals surface area (Å²) < 4.78 is 0. The van der Waals surface area contributed by atoms with E-state index in [9.17, 15) is 19.2 Å². The monoisotopic (exact) mass is 411 g/mol. The molecule has 4 amide bonds. The summed E-state index contributed by atoms with van der Waals surface area (Å²) in [6.07, 6.45) is 5.10. The van der Waals surface area contributed by atoms with Gasteiger partial charge in [0.05, 0.1) is 11.1 Å². The van der Waals surface area contributed by atoms with Crippen LogP contribution in [0, 0.1) is 5.92 Å². The van der Waals surface area contributed by atoms with E-state index in [1.165, 1.54) is 25.7 Å². The maximum absolute atomic E-state index is 13.0. The molecule has 1 fully saturated rings. The Labute approximate surface area is 176 Å². The highest BCUT2D eigenvalue weighted by atomic mass is 16.2. The molecular weight excluding hydrogens is 382 g/mol. The van der Waals surface area contributed by atoms with Crippen LogP contribution in [0.25, 0.3) is 0 Å². The van der Waals surface area contributed by atoms with E-state index in [0.29, 0.717) is 17.0 Å². The van der Waals surface area contributed by atoms with E-state index in [0.717, 1.165) is 35.7 Å². The van der Waals surface area contributed by atoms with Crippen LogP contribution in [0.1, 0.15) is 84.2 Å². The van der Waals surface area contributed by atoms with Crippen LogP contribution in [-0.4, -0.2) is 46.0 Å². The minimum atomic E-state index is -0.912. The van der Waals surface area contributed by atoms with Crippen molar-refractivity contribution in [3.8, 4) is 0 Å². The molecule has 0 spiro atoms. The van der Waals surface area contributed by atoms with Gasteiger partial charge in [0.1, 0.15) is 6.04 Å². The third kappa shape index (κ3) is 3.67. The lowest BCUT2D eigenvalue weighted by atomic mass is 9.98. The summed E-state index contributed by atoms with van der Waals surface area (Å²) in [6, 6.07) is 2.77. The van der Waals surface area contributed by atoms with Gasteiger partial charge in [-0.3, -0.25) is 34.3 Å². The van der Waals surface area contributed by atoms with Crippen molar-refractivity contribution < 1.29 is 19.2 Å². The van der Waals surface area contributed by atoms with Gasteiger partial charge in [-0.2, -0.15) is 0 Å². The first-order chi connectivity index (χ1) is 14.4. The zero-order chi connectivity index (χ0) is 21.4. The molecule has 7 nitrogen and oxygen atoms in total. The standard InChI is InChI=1S/C23H29N3O4/c1-3-5-14(6-4-2)11-25-12-15-9-17-18(10-16(15)13-25)23(30)26(22(17)29)19-7-8-20(27)24-21(19)28/h9-10,14,19H,3-8,11-13H2,1-2H3,(H,24,27,28). The van der Waals surface area contributed by atoms with E-state index in [2.05, 4.69) is 24.1 Å². The number of hydrogen-bond donors (Lipinski definition) is 1. The minimum Gasteiger partial charge on any atom is -0.295 e. The van der Waals surface area contributed by atoms with Crippen molar-refractivity contribution in [2.45, 2.75) is 71.5 Å². The first kappa shape index (κ1) is 20.7. The summed E-state index contributed by atoms with van der Waals surface area (Å²) in [5.74, 6) is -1.12. The fourth-order valence-electron chi connectivity index (χ4n) is 5.08. The molecule has 1 N–H and O–H groups in total. The number of nitrogens with zero attached hydrogens (tertiary/aromatic N) is 2. The Hall–Kier alpha value is -2.54. The fourth-order valence-corrected chi connectivity index (χ4v) is 5.08. The van der Waals surface area contributed by atoms with E-state index in [-0.39, 0.29) is 18.7 Å². The molecule has 7 heteroatoms. The number of fused-ring (bicyclic) bond motifs is 2.